The first-order chi connectivity index (χ1) is 7.16. The van der Waals surface area contributed by atoms with Crippen LogP contribution in [-0.4, -0.2) is 59.6 Å². The highest BCUT2D eigenvalue weighted by Crippen LogP contribution is 2.27. The summed E-state index contributed by atoms with van der Waals surface area (Å²) in [4.78, 5) is 15.5. The minimum absolute atomic E-state index is 0.287. The second kappa shape index (κ2) is 4.49. The SMILES string of the molecule is CN1CCN2C(CC(=O)O)CCCC2C1. The van der Waals surface area contributed by atoms with Crippen molar-refractivity contribution in [1.82, 2.24) is 9.80 Å². The van der Waals surface area contributed by atoms with Gasteiger partial charge in [0.2, 0.25) is 0 Å². The lowest BCUT2D eigenvalue weighted by atomic mass is 9.92. The first kappa shape index (κ1) is 10.9. The smallest absolute Gasteiger partial charge is 0.304 e. The van der Waals surface area contributed by atoms with Crippen molar-refractivity contribution in [2.24, 2.45) is 0 Å². The summed E-state index contributed by atoms with van der Waals surface area (Å²) in [6.07, 6.45) is 3.81. The highest BCUT2D eigenvalue weighted by Gasteiger charge is 2.34. The Bertz CT molecular complexity index is 245. The molecule has 0 bridgehead atoms. The maximum absolute atomic E-state index is 10.8. The Morgan fingerprint density at radius 2 is 2.20 bits per heavy atom. The summed E-state index contributed by atoms with van der Waals surface area (Å²) in [6.45, 7) is 3.22. The van der Waals surface area contributed by atoms with Gasteiger partial charge < -0.3 is 10.0 Å². The molecular weight excluding hydrogens is 192 g/mol. The highest BCUT2D eigenvalue weighted by atomic mass is 16.4. The van der Waals surface area contributed by atoms with Gasteiger partial charge in [-0.25, -0.2) is 0 Å². The fraction of sp³-hybridized carbons (Fsp3) is 0.909. The van der Waals surface area contributed by atoms with E-state index in [2.05, 4.69) is 16.8 Å². The molecule has 0 aromatic heterocycles. The van der Waals surface area contributed by atoms with Crippen molar-refractivity contribution < 1.29 is 9.90 Å². The van der Waals surface area contributed by atoms with Gasteiger partial charge in [0.25, 0.3) is 0 Å². The van der Waals surface area contributed by atoms with E-state index in [1.807, 2.05) is 0 Å². The van der Waals surface area contributed by atoms with Gasteiger partial charge in [-0.15, -0.1) is 0 Å². The molecule has 2 fully saturated rings. The lowest BCUT2D eigenvalue weighted by molar-refractivity contribution is -0.139. The van der Waals surface area contributed by atoms with Crippen molar-refractivity contribution in [3.05, 3.63) is 0 Å². The lowest BCUT2D eigenvalue weighted by Gasteiger charge is -2.47. The fourth-order valence-electron chi connectivity index (χ4n) is 2.94. The van der Waals surface area contributed by atoms with Crippen LogP contribution in [0.25, 0.3) is 0 Å². The first-order valence-corrected chi connectivity index (χ1v) is 5.83. The molecule has 0 aliphatic carbocycles. The molecule has 0 aromatic carbocycles. The van der Waals surface area contributed by atoms with E-state index in [4.69, 9.17) is 5.11 Å². The third kappa shape index (κ3) is 2.49. The van der Waals surface area contributed by atoms with E-state index in [0.717, 1.165) is 26.1 Å². The number of piperidine rings is 1. The zero-order valence-electron chi connectivity index (χ0n) is 9.35. The van der Waals surface area contributed by atoms with Gasteiger partial charge in [-0.05, 0) is 19.9 Å². The maximum Gasteiger partial charge on any atom is 0.304 e. The van der Waals surface area contributed by atoms with E-state index in [0.29, 0.717) is 12.5 Å². The topological polar surface area (TPSA) is 43.8 Å². The number of nitrogens with zero attached hydrogens (tertiary/aromatic N) is 2. The maximum atomic E-state index is 10.8. The number of likely N-dealkylation sites (N-methyl/N-ethyl adjacent to an activating group) is 1. The van der Waals surface area contributed by atoms with Gasteiger partial charge in [0.05, 0.1) is 6.42 Å². The molecule has 0 aromatic rings. The van der Waals surface area contributed by atoms with E-state index in [1.54, 1.807) is 0 Å². The number of carboxylic acids is 1. The molecule has 2 aliphatic heterocycles. The molecule has 2 saturated heterocycles. The Kier molecular flexibility index (Phi) is 3.26. The van der Waals surface area contributed by atoms with Crippen molar-refractivity contribution in [2.75, 3.05) is 26.7 Å². The van der Waals surface area contributed by atoms with Crippen LogP contribution >= 0.6 is 0 Å². The van der Waals surface area contributed by atoms with Crippen LogP contribution in [0.1, 0.15) is 25.7 Å². The molecule has 1 N–H and O–H groups in total. The number of rotatable bonds is 2. The predicted octanol–water partition coefficient (Wildman–Crippen LogP) is 0.630. The van der Waals surface area contributed by atoms with Gasteiger partial charge in [-0.2, -0.15) is 0 Å². The number of carboxylic acid groups (broad SMARTS) is 1. The van der Waals surface area contributed by atoms with Gasteiger partial charge in [0.15, 0.2) is 0 Å². The van der Waals surface area contributed by atoms with Crippen LogP contribution in [0.4, 0.5) is 0 Å². The Morgan fingerprint density at radius 3 is 2.93 bits per heavy atom. The molecule has 2 unspecified atom stereocenters. The summed E-state index contributed by atoms with van der Waals surface area (Å²) in [7, 11) is 2.15. The molecule has 2 atom stereocenters. The predicted molar refractivity (Wildman–Crippen MR) is 57.9 cm³/mol. The summed E-state index contributed by atoms with van der Waals surface area (Å²) >= 11 is 0. The van der Waals surface area contributed by atoms with Crippen molar-refractivity contribution in [3.63, 3.8) is 0 Å². The van der Waals surface area contributed by atoms with Crippen LogP contribution in [-0.2, 0) is 4.79 Å². The van der Waals surface area contributed by atoms with Gasteiger partial charge in [-0.3, -0.25) is 9.69 Å². The van der Waals surface area contributed by atoms with Crippen LogP contribution in [0.3, 0.4) is 0 Å². The Balaban J connectivity index is 1.98. The van der Waals surface area contributed by atoms with E-state index >= 15 is 0 Å². The second-order valence-electron chi connectivity index (χ2n) is 4.84. The van der Waals surface area contributed by atoms with Crippen LogP contribution in [0.5, 0.6) is 0 Å². The Labute approximate surface area is 90.9 Å². The van der Waals surface area contributed by atoms with Crippen LogP contribution < -0.4 is 0 Å². The summed E-state index contributed by atoms with van der Waals surface area (Å²) in [5, 5.41) is 8.87. The zero-order valence-corrected chi connectivity index (χ0v) is 9.35. The minimum Gasteiger partial charge on any atom is -0.481 e. The number of hydrogen-bond donors (Lipinski definition) is 1. The van der Waals surface area contributed by atoms with Crippen molar-refractivity contribution in [1.29, 1.82) is 0 Å². The van der Waals surface area contributed by atoms with E-state index in [-0.39, 0.29) is 6.04 Å². The number of hydrogen-bond acceptors (Lipinski definition) is 3. The van der Waals surface area contributed by atoms with Gasteiger partial charge in [0, 0.05) is 31.7 Å². The molecule has 4 nitrogen and oxygen atoms in total. The molecule has 15 heavy (non-hydrogen) atoms. The molecule has 0 saturated carbocycles. The summed E-state index contributed by atoms with van der Waals surface area (Å²) in [5.41, 5.74) is 0. The summed E-state index contributed by atoms with van der Waals surface area (Å²) < 4.78 is 0. The largest absolute Gasteiger partial charge is 0.481 e. The number of piperazine rings is 1. The summed E-state index contributed by atoms with van der Waals surface area (Å²) in [5.74, 6) is -0.653. The minimum atomic E-state index is -0.653. The first-order valence-electron chi connectivity index (χ1n) is 5.83. The third-order valence-electron chi connectivity index (χ3n) is 3.69. The normalized spacial score (nSPS) is 33.7. The second-order valence-corrected chi connectivity index (χ2v) is 4.84. The van der Waals surface area contributed by atoms with Crippen LogP contribution in [0, 0.1) is 0 Å². The van der Waals surface area contributed by atoms with Crippen LogP contribution in [0.15, 0.2) is 0 Å². The standard InChI is InChI=1S/C11H20N2O2/c1-12-5-6-13-9(7-11(14)15)3-2-4-10(13)8-12/h9-10H,2-8H2,1H3,(H,14,15). The molecule has 4 heteroatoms. The van der Waals surface area contributed by atoms with Gasteiger partial charge in [-0.1, -0.05) is 6.42 Å². The molecule has 86 valence electrons. The average Bonchev–Trinajstić information content (AvgIpc) is 2.16. The van der Waals surface area contributed by atoms with E-state index in [1.165, 1.54) is 12.8 Å². The highest BCUT2D eigenvalue weighted by molar-refractivity contribution is 5.67. The molecule has 2 aliphatic rings. The third-order valence-corrected chi connectivity index (χ3v) is 3.69. The Morgan fingerprint density at radius 1 is 1.40 bits per heavy atom. The van der Waals surface area contributed by atoms with Gasteiger partial charge in [0.1, 0.15) is 0 Å². The quantitative estimate of drug-likeness (QED) is 0.729. The molecule has 2 rings (SSSR count). The molecule has 2 heterocycles. The number of carbonyl (C=O) groups is 1. The Hall–Kier alpha value is -0.610. The van der Waals surface area contributed by atoms with Crippen LogP contribution in [0.2, 0.25) is 0 Å². The fourth-order valence-corrected chi connectivity index (χ4v) is 2.94. The van der Waals surface area contributed by atoms with E-state index in [9.17, 15) is 4.79 Å². The van der Waals surface area contributed by atoms with Gasteiger partial charge >= 0.3 is 5.97 Å². The van der Waals surface area contributed by atoms with Crippen molar-refractivity contribution >= 4 is 5.97 Å². The van der Waals surface area contributed by atoms with Crippen molar-refractivity contribution in [3.8, 4) is 0 Å². The average molecular weight is 212 g/mol. The summed E-state index contributed by atoms with van der Waals surface area (Å²) in [6, 6.07) is 0.886. The number of fused-ring (bicyclic) bond motifs is 1. The van der Waals surface area contributed by atoms with Crippen molar-refractivity contribution in [2.45, 2.75) is 37.8 Å². The number of aliphatic carboxylic acids is 1. The lowest BCUT2D eigenvalue weighted by Crippen LogP contribution is -2.57. The molecule has 0 spiro atoms. The monoisotopic (exact) mass is 212 g/mol. The molecule has 0 amide bonds. The van der Waals surface area contributed by atoms with E-state index < -0.39 is 5.97 Å². The molecule has 0 radical (unpaired) electrons. The zero-order chi connectivity index (χ0) is 10.8. The molecular formula is C11H20N2O2.